The number of nitrogens with zero attached hydrogens (tertiary/aromatic N) is 1. The van der Waals surface area contributed by atoms with E-state index < -0.39 is 34.0 Å². The third-order valence-electron chi connectivity index (χ3n) is 4.58. The minimum absolute atomic E-state index is 0.0654. The first-order valence-corrected chi connectivity index (χ1v) is 11.0. The summed E-state index contributed by atoms with van der Waals surface area (Å²) in [4.78, 5) is 12.0. The summed E-state index contributed by atoms with van der Waals surface area (Å²) in [7, 11) is -3.89. The van der Waals surface area contributed by atoms with Crippen molar-refractivity contribution in [2.75, 3.05) is 18.4 Å². The average molecular weight is 495 g/mol. The molecule has 1 saturated heterocycles. The SMILES string of the molecule is O=C(Nc1ccc(OC(F)(F)F)cc1)OC1(O)CCN(S(=O)(=O)c2ccccc2Cl)CC1. The molecule has 2 aromatic rings. The number of carbonyl (C=O) groups is 1. The van der Waals surface area contributed by atoms with E-state index in [0.717, 1.165) is 28.6 Å². The van der Waals surface area contributed by atoms with Crippen LogP contribution >= 0.6 is 11.6 Å². The summed E-state index contributed by atoms with van der Waals surface area (Å²) >= 11 is 5.97. The van der Waals surface area contributed by atoms with E-state index in [9.17, 15) is 31.5 Å². The van der Waals surface area contributed by atoms with E-state index >= 15 is 0 Å². The van der Waals surface area contributed by atoms with Crippen LogP contribution in [-0.4, -0.2) is 49.2 Å². The smallest absolute Gasteiger partial charge is 0.417 e. The third-order valence-corrected chi connectivity index (χ3v) is 6.97. The molecule has 0 aliphatic carbocycles. The first-order valence-electron chi connectivity index (χ1n) is 9.21. The number of carbonyl (C=O) groups excluding carboxylic acids is 1. The van der Waals surface area contributed by atoms with Crippen molar-refractivity contribution in [2.45, 2.75) is 29.9 Å². The highest BCUT2D eigenvalue weighted by atomic mass is 35.5. The van der Waals surface area contributed by atoms with E-state index in [0.29, 0.717) is 0 Å². The summed E-state index contributed by atoms with van der Waals surface area (Å²) in [6.45, 7) is -0.248. The molecule has 1 aliphatic rings. The maximum atomic E-state index is 12.8. The molecule has 174 valence electrons. The van der Waals surface area contributed by atoms with Crippen LogP contribution in [0.2, 0.25) is 5.02 Å². The highest BCUT2D eigenvalue weighted by Gasteiger charge is 2.40. The van der Waals surface area contributed by atoms with Gasteiger partial charge in [0.15, 0.2) is 0 Å². The number of halogens is 4. The maximum Gasteiger partial charge on any atom is 0.573 e. The lowest BCUT2D eigenvalue weighted by molar-refractivity contribution is -0.274. The fourth-order valence-corrected chi connectivity index (χ4v) is 4.96. The van der Waals surface area contributed by atoms with Crippen molar-refractivity contribution in [1.29, 1.82) is 0 Å². The van der Waals surface area contributed by atoms with Gasteiger partial charge in [-0.05, 0) is 36.4 Å². The average Bonchev–Trinajstić information content (AvgIpc) is 2.68. The lowest BCUT2D eigenvalue weighted by Gasteiger charge is -2.36. The van der Waals surface area contributed by atoms with Crippen LogP contribution in [0.3, 0.4) is 0 Å². The zero-order chi connectivity index (χ0) is 23.6. The lowest BCUT2D eigenvalue weighted by Crippen LogP contribution is -2.49. The number of hydrogen-bond donors (Lipinski definition) is 2. The van der Waals surface area contributed by atoms with E-state index in [-0.39, 0.29) is 41.5 Å². The zero-order valence-corrected chi connectivity index (χ0v) is 17.9. The van der Waals surface area contributed by atoms with Gasteiger partial charge in [0.25, 0.3) is 0 Å². The molecular formula is C19H18ClF3N2O6S. The predicted octanol–water partition coefficient (Wildman–Crippen LogP) is 3.96. The minimum Gasteiger partial charge on any atom is -0.417 e. The van der Waals surface area contributed by atoms with Crippen molar-refractivity contribution in [3.63, 3.8) is 0 Å². The number of piperidine rings is 1. The Balaban J connectivity index is 1.56. The van der Waals surface area contributed by atoms with Gasteiger partial charge in [-0.3, -0.25) is 5.32 Å². The normalized spacial score (nSPS) is 16.9. The Kier molecular flexibility index (Phi) is 6.89. The molecule has 2 aromatic carbocycles. The van der Waals surface area contributed by atoms with E-state index in [1.165, 1.54) is 18.2 Å². The molecule has 3 rings (SSSR count). The number of rotatable bonds is 5. The second kappa shape index (κ2) is 9.14. The Hall–Kier alpha value is -2.54. The Morgan fingerprint density at radius 3 is 2.25 bits per heavy atom. The largest absolute Gasteiger partial charge is 0.573 e. The van der Waals surface area contributed by atoms with Gasteiger partial charge < -0.3 is 14.6 Å². The molecule has 0 radical (unpaired) electrons. The number of alkyl halides is 3. The van der Waals surface area contributed by atoms with Crippen LogP contribution in [-0.2, 0) is 14.8 Å². The molecule has 0 bridgehead atoms. The molecule has 32 heavy (non-hydrogen) atoms. The molecule has 13 heteroatoms. The number of benzene rings is 2. The second-order valence-corrected chi connectivity index (χ2v) is 9.18. The van der Waals surface area contributed by atoms with Gasteiger partial charge in [0, 0.05) is 31.6 Å². The molecule has 0 unspecified atom stereocenters. The van der Waals surface area contributed by atoms with Gasteiger partial charge in [-0.15, -0.1) is 13.2 Å². The van der Waals surface area contributed by atoms with Crippen LogP contribution in [0.15, 0.2) is 53.4 Å². The number of ether oxygens (including phenoxy) is 2. The second-order valence-electron chi connectivity index (χ2n) is 6.87. The van der Waals surface area contributed by atoms with Crippen molar-refractivity contribution in [3.8, 4) is 5.75 Å². The molecule has 0 spiro atoms. The van der Waals surface area contributed by atoms with Crippen LogP contribution in [0, 0.1) is 0 Å². The van der Waals surface area contributed by atoms with Crippen molar-refractivity contribution >= 4 is 33.4 Å². The van der Waals surface area contributed by atoms with Gasteiger partial charge in [0.1, 0.15) is 10.6 Å². The van der Waals surface area contributed by atoms with Gasteiger partial charge in [-0.25, -0.2) is 13.2 Å². The number of hydrogen-bond acceptors (Lipinski definition) is 6. The van der Waals surface area contributed by atoms with Gasteiger partial charge in [-0.2, -0.15) is 4.31 Å². The maximum absolute atomic E-state index is 12.8. The number of sulfonamides is 1. The quantitative estimate of drug-likeness (QED) is 0.610. The van der Waals surface area contributed by atoms with Crippen LogP contribution < -0.4 is 10.1 Å². The predicted molar refractivity (Wildman–Crippen MR) is 108 cm³/mol. The van der Waals surface area contributed by atoms with E-state index in [1.807, 2.05) is 0 Å². The number of amides is 1. The minimum atomic E-state index is -4.84. The van der Waals surface area contributed by atoms with Crippen LogP contribution in [0.25, 0.3) is 0 Å². The van der Waals surface area contributed by atoms with E-state index in [1.54, 1.807) is 6.07 Å². The molecule has 1 amide bonds. The Bertz CT molecular complexity index is 1070. The highest BCUT2D eigenvalue weighted by Crippen LogP contribution is 2.31. The first kappa shape index (κ1) is 24.1. The summed E-state index contributed by atoms with van der Waals surface area (Å²) in [5.41, 5.74) is 0.104. The van der Waals surface area contributed by atoms with Gasteiger partial charge in [0.05, 0.1) is 5.02 Å². The van der Waals surface area contributed by atoms with Crippen LogP contribution in [0.5, 0.6) is 5.75 Å². The highest BCUT2D eigenvalue weighted by molar-refractivity contribution is 7.89. The van der Waals surface area contributed by atoms with Crippen molar-refractivity contribution in [2.24, 2.45) is 0 Å². The molecule has 1 aliphatic heterocycles. The van der Waals surface area contributed by atoms with Crippen molar-refractivity contribution < 1.29 is 41.0 Å². The Morgan fingerprint density at radius 1 is 1.09 bits per heavy atom. The fraction of sp³-hybridized carbons (Fsp3) is 0.316. The molecule has 0 aromatic heterocycles. The Morgan fingerprint density at radius 2 is 1.69 bits per heavy atom. The van der Waals surface area contributed by atoms with Crippen molar-refractivity contribution in [1.82, 2.24) is 4.31 Å². The number of nitrogens with one attached hydrogen (secondary N) is 1. The molecule has 1 heterocycles. The third kappa shape index (κ3) is 6.03. The van der Waals surface area contributed by atoms with Crippen LogP contribution in [0.1, 0.15) is 12.8 Å². The number of anilines is 1. The van der Waals surface area contributed by atoms with Gasteiger partial charge >= 0.3 is 12.5 Å². The molecule has 0 saturated carbocycles. The Labute approximate surface area is 186 Å². The summed E-state index contributed by atoms with van der Waals surface area (Å²) in [5, 5.41) is 12.9. The standard InChI is InChI=1S/C19H18ClF3N2O6S/c20-15-3-1-2-4-16(15)32(28,29)25-11-9-18(27,10-12-25)31-17(26)24-13-5-7-14(8-6-13)30-19(21,22)23/h1-8,27H,9-12H2,(H,24,26). The summed E-state index contributed by atoms with van der Waals surface area (Å²) in [5.74, 6) is -2.39. The molecule has 2 N–H and O–H groups in total. The summed E-state index contributed by atoms with van der Waals surface area (Å²) in [6, 6.07) is 10.3. The van der Waals surface area contributed by atoms with Gasteiger partial charge in [-0.1, -0.05) is 23.7 Å². The van der Waals surface area contributed by atoms with E-state index in [4.69, 9.17) is 16.3 Å². The lowest BCUT2D eigenvalue weighted by atomic mass is 10.1. The molecule has 0 atom stereocenters. The first-order chi connectivity index (χ1) is 14.9. The molecule has 1 fully saturated rings. The summed E-state index contributed by atoms with van der Waals surface area (Å²) < 4.78 is 72.0. The molecular weight excluding hydrogens is 477 g/mol. The fourth-order valence-electron chi connectivity index (χ4n) is 3.03. The van der Waals surface area contributed by atoms with Crippen molar-refractivity contribution in [3.05, 3.63) is 53.6 Å². The topological polar surface area (TPSA) is 105 Å². The van der Waals surface area contributed by atoms with Gasteiger partial charge in [0.2, 0.25) is 15.8 Å². The monoisotopic (exact) mass is 494 g/mol. The number of aliphatic hydroxyl groups is 1. The van der Waals surface area contributed by atoms with E-state index in [2.05, 4.69) is 10.1 Å². The van der Waals surface area contributed by atoms with Crippen LogP contribution in [0.4, 0.5) is 23.7 Å². The molecule has 8 nitrogen and oxygen atoms in total. The zero-order valence-electron chi connectivity index (χ0n) is 16.3. The summed E-state index contributed by atoms with van der Waals surface area (Å²) in [6.07, 6.45) is -6.28.